The molecule has 0 amide bonds. The Morgan fingerprint density at radius 1 is 0.960 bits per heavy atom. The monoisotopic (exact) mass is 348 g/mol. The molecule has 0 aliphatic heterocycles. The number of rotatable bonds is 4. The highest BCUT2D eigenvalue weighted by Crippen LogP contribution is 2.33. The van der Waals surface area contributed by atoms with Gasteiger partial charge in [0.25, 0.3) is 0 Å². The van der Waals surface area contributed by atoms with Gasteiger partial charge in [0.15, 0.2) is 5.57 Å². The summed E-state index contributed by atoms with van der Waals surface area (Å²) in [7, 11) is 0. The second-order valence-corrected chi connectivity index (χ2v) is 5.63. The molecule has 0 atom stereocenters. The van der Waals surface area contributed by atoms with Crippen molar-refractivity contribution < 1.29 is 4.74 Å². The molecule has 0 unspecified atom stereocenters. The van der Waals surface area contributed by atoms with Crippen molar-refractivity contribution in [1.82, 2.24) is 0 Å². The summed E-state index contributed by atoms with van der Waals surface area (Å²) in [6.07, 6.45) is 0. The molecule has 5 nitrogen and oxygen atoms in total. The SMILES string of the molecule is Cc1ccc(C)c(Oc2ccc(NC(C#N)=C(C#N)C#N)cc2Cl)c1. The maximum Gasteiger partial charge on any atom is 0.163 e. The van der Waals surface area contributed by atoms with Gasteiger partial charge in [-0.2, -0.15) is 15.8 Å². The van der Waals surface area contributed by atoms with E-state index in [1.54, 1.807) is 36.4 Å². The van der Waals surface area contributed by atoms with E-state index in [0.29, 0.717) is 22.2 Å². The molecule has 0 saturated carbocycles. The quantitative estimate of drug-likeness (QED) is 0.786. The molecule has 2 rings (SSSR count). The molecule has 122 valence electrons. The number of ether oxygens (including phenoxy) is 1. The molecule has 0 radical (unpaired) electrons. The average molecular weight is 349 g/mol. The number of nitriles is 3. The van der Waals surface area contributed by atoms with Crippen LogP contribution in [0, 0.1) is 47.8 Å². The molecule has 0 saturated heterocycles. The lowest BCUT2D eigenvalue weighted by Crippen LogP contribution is -2.00. The van der Waals surface area contributed by atoms with Gasteiger partial charge in [0.2, 0.25) is 0 Å². The van der Waals surface area contributed by atoms with Gasteiger partial charge in [0, 0.05) is 5.69 Å². The Balaban J connectivity index is 2.29. The molecule has 0 aromatic heterocycles. The molecule has 2 aromatic carbocycles. The van der Waals surface area contributed by atoms with Gasteiger partial charge in [0.1, 0.15) is 35.4 Å². The number of nitrogens with zero attached hydrogens (tertiary/aromatic N) is 3. The molecule has 2 aromatic rings. The van der Waals surface area contributed by atoms with Crippen LogP contribution in [0.4, 0.5) is 5.69 Å². The molecule has 0 heterocycles. The highest BCUT2D eigenvalue weighted by Gasteiger charge is 2.10. The second kappa shape index (κ2) is 7.88. The molecular formula is C19H13ClN4O. The number of benzene rings is 2. The maximum atomic E-state index is 9.06. The van der Waals surface area contributed by atoms with Crippen LogP contribution < -0.4 is 10.1 Å². The van der Waals surface area contributed by atoms with Gasteiger partial charge in [-0.15, -0.1) is 0 Å². The zero-order valence-electron chi connectivity index (χ0n) is 13.6. The lowest BCUT2D eigenvalue weighted by atomic mass is 10.1. The van der Waals surface area contributed by atoms with E-state index < -0.39 is 0 Å². The summed E-state index contributed by atoms with van der Waals surface area (Å²) in [5, 5.41) is 29.8. The molecule has 0 aliphatic rings. The van der Waals surface area contributed by atoms with E-state index in [4.69, 9.17) is 32.1 Å². The normalized spacial score (nSPS) is 9.28. The predicted octanol–water partition coefficient (Wildman–Crippen LogP) is 4.99. The summed E-state index contributed by atoms with van der Waals surface area (Å²) in [5.41, 5.74) is 2.09. The van der Waals surface area contributed by atoms with Crippen molar-refractivity contribution in [2.75, 3.05) is 5.32 Å². The molecule has 25 heavy (non-hydrogen) atoms. The zero-order chi connectivity index (χ0) is 18.4. The fraction of sp³-hybridized carbons (Fsp3) is 0.105. The highest BCUT2D eigenvalue weighted by atomic mass is 35.5. The second-order valence-electron chi connectivity index (χ2n) is 5.23. The smallest absolute Gasteiger partial charge is 0.163 e. The van der Waals surface area contributed by atoms with Crippen LogP contribution in [0.15, 0.2) is 47.7 Å². The van der Waals surface area contributed by atoms with Gasteiger partial charge in [-0.1, -0.05) is 23.7 Å². The van der Waals surface area contributed by atoms with Crippen LogP contribution in [0.1, 0.15) is 11.1 Å². The Hall–Kier alpha value is -3.46. The molecule has 0 spiro atoms. The third-order valence-corrected chi connectivity index (χ3v) is 3.65. The van der Waals surface area contributed by atoms with Crippen molar-refractivity contribution in [2.45, 2.75) is 13.8 Å². The summed E-state index contributed by atoms with van der Waals surface area (Å²) in [5.74, 6) is 1.17. The molecule has 0 bridgehead atoms. The van der Waals surface area contributed by atoms with Crippen molar-refractivity contribution in [3.63, 3.8) is 0 Å². The Bertz CT molecular complexity index is 958. The van der Waals surface area contributed by atoms with Gasteiger partial charge in [0.05, 0.1) is 5.02 Å². The first-order valence-electron chi connectivity index (χ1n) is 7.24. The zero-order valence-corrected chi connectivity index (χ0v) is 14.3. The van der Waals surface area contributed by atoms with Gasteiger partial charge < -0.3 is 10.1 Å². The third kappa shape index (κ3) is 4.30. The predicted molar refractivity (Wildman–Crippen MR) is 94.9 cm³/mol. The van der Waals surface area contributed by atoms with E-state index in [9.17, 15) is 0 Å². The molecule has 1 N–H and O–H groups in total. The fourth-order valence-electron chi connectivity index (χ4n) is 2.02. The summed E-state index contributed by atoms with van der Waals surface area (Å²) in [6.45, 7) is 3.91. The standard InChI is InChI=1S/C19H13ClN4O/c1-12-3-4-13(2)19(7-12)25-18-6-5-15(8-16(18)20)24-17(11-23)14(9-21)10-22/h3-8,24H,1-2H3. The number of hydrogen-bond donors (Lipinski definition) is 1. The average Bonchev–Trinajstić information content (AvgIpc) is 2.60. The summed E-state index contributed by atoms with van der Waals surface area (Å²) < 4.78 is 5.86. The van der Waals surface area contributed by atoms with Gasteiger partial charge >= 0.3 is 0 Å². The Labute approximate surface area is 150 Å². The third-order valence-electron chi connectivity index (χ3n) is 3.35. The van der Waals surface area contributed by atoms with E-state index in [0.717, 1.165) is 11.1 Å². The fourth-order valence-corrected chi connectivity index (χ4v) is 2.24. The molecular weight excluding hydrogens is 336 g/mol. The topological polar surface area (TPSA) is 92.6 Å². The number of nitrogens with one attached hydrogen (secondary N) is 1. The number of anilines is 1. The van der Waals surface area contributed by atoms with Gasteiger partial charge in [-0.25, -0.2) is 0 Å². The van der Waals surface area contributed by atoms with E-state index in [-0.39, 0.29) is 11.3 Å². The lowest BCUT2D eigenvalue weighted by molar-refractivity contribution is 0.479. The van der Waals surface area contributed by atoms with Crippen LogP contribution >= 0.6 is 11.6 Å². The van der Waals surface area contributed by atoms with Crippen molar-refractivity contribution in [2.24, 2.45) is 0 Å². The maximum absolute atomic E-state index is 9.06. The molecule has 0 fully saturated rings. The minimum absolute atomic E-state index is 0.135. The largest absolute Gasteiger partial charge is 0.456 e. The number of hydrogen-bond acceptors (Lipinski definition) is 5. The van der Waals surface area contributed by atoms with Crippen molar-refractivity contribution in [1.29, 1.82) is 15.8 Å². The van der Waals surface area contributed by atoms with Crippen molar-refractivity contribution in [3.8, 4) is 29.7 Å². The lowest BCUT2D eigenvalue weighted by Gasteiger charge is -2.12. The Morgan fingerprint density at radius 3 is 2.28 bits per heavy atom. The number of halogens is 1. The summed E-state index contributed by atoms with van der Waals surface area (Å²) in [6, 6.07) is 15.9. The highest BCUT2D eigenvalue weighted by molar-refractivity contribution is 6.32. The van der Waals surface area contributed by atoms with Crippen LogP contribution in [-0.4, -0.2) is 0 Å². The van der Waals surface area contributed by atoms with E-state index in [1.165, 1.54) is 0 Å². The van der Waals surface area contributed by atoms with E-state index in [2.05, 4.69) is 5.32 Å². The first kappa shape index (κ1) is 17.9. The Morgan fingerprint density at radius 2 is 1.68 bits per heavy atom. The van der Waals surface area contributed by atoms with Crippen molar-refractivity contribution in [3.05, 3.63) is 63.8 Å². The first-order chi connectivity index (χ1) is 12.0. The van der Waals surface area contributed by atoms with Gasteiger partial charge in [-0.3, -0.25) is 0 Å². The number of allylic oxidation sites excluding steroid dienone is 2. The van der Waals surface area contributed by atoms with E-state index in [1.807, 2.05) is 32.0 Å². The Kier molecular flexibility index (Phi) is 5.64. The minimum Gasteiger partial charge on any atom is -0.456 e. The molecule has 0 aliphatic carbocycles. The molecule has 6 heteroatoms. The van der Waals surface area contributed by atoms with Crippen LogP contribution in [0.2, 0.25) is 5.02 Å². The number of aryl methyl sites for hydroxylation is 2. The summed E-state index contributed by atoms with van der Waals surface area (Å²) >= 11 is 6.25. The van der Waals surface area contributed by atoms with Gasteiger partial charge in [-0.05, 0) is 49.2 Å². The van der Waals surface area contributed by atoms with Crippen LogP contribution in [-0.2, 0) is 0 Å². The van der Waals surface area contributed by atoms with Crippen LogP contribution in [0.25, 0.3) is 0 Å². The van der Waals surface area contributed by atoms with Crippen LogP contribution in [0.3, 0.4) is 0 Å². The minimum atomic E-state index is -0.297. The van der Waals surface area contributed by atoms with Crippen molar-refractivity contribution >= 4 is 17.3 Å². The van der Waals surface area contributed by atoms with E-state index >= 15 is 0 Å². The van der Waals surface area contributed by atoms with Crippen LogP contribution in [0.5, 0.6) is 11.5 Å². The summed E-state index contributed by atoms with van der Waals surface area (Å²) in [4.78, 5) is 0. The first-order valence-corrected chi connectivity index (χ1v) is 7.62.